The van der Waals surface area contributed by atoms with E-state index in [9.17, 15) is 9.59 Å². The van der Waals surface area contributed by atoms with Gasteiger partial charge < -0.3 is 4.74 Å². The number of nitrogens with zero attached hydrogens (tertiary/aromatic N) is 4. The molecule has 0 spiro atoms. The number of thiazole rings is 1. The molecule has 1 saturated heterocycles. The van der Waals surface area contributed by atoms with Crippen LogP contribution in [0.15, 0.2) is 35.4 Å². The Morgan fingerprint density at radius 1 is 1.18 bits per heavy atom. The van der Waals surface area contributed by atoms with Crippen molar-refractivity contribution >= 4 is 54.1 Å². The van der Waals surface area contributed by atoms with Crippen molar-refractivity contribution in [1.82, 2.24) is 14.5 Å². The van der Waals surface area contributed by atoms with Gasteiger partial charge in [-0.1, -0.05) is 23.5 Å². The van der Waals surface area contributed by atoms with Crippen molar-refractivity contribution in [2.45, 2.75) is 57.6 Å². The SMILES string of the molecule is O=C(CCn1cnc2sc3c(c2c1=O)CCCC3)N(CC1CCCO1)c1nc2ccccc2s1. The van der Waals surface area contributed by atoms with E-state index in [1.807, 2.05) is 24.3 Å². The van der Waals surface area contributed by atoms with Gasteiger partial charge in [0.25, 0.3) is 5.56 Å². The van der Waals surface area contributed by atoms with E-state index in [0.29, 0.717) is 18.2 Å². The van der Waals surface area contributed by atoms with E-state index in [4.69, 9.17) is 9.72 Å². The number of rotatable bonds is 6. The molecule has 4 aromatic rings. The molecule has 0 radical (unpaired) electrons. The Morgan fingerprint density at radius 3 is 2.91 bits per heavy atom. The third-order valence-electron chi connectivity index (χ3n) is 6.73. The summed E-state index contributed by atoms with van der Waals surface area (Å²) in [6, 6.07) is 7.92. The minimum atomic E-state index is -0.0473. The van der Waals surface area contributed by atoms with Gasteiger partial charge >= 0.3 is 0 Å². The molecule has 1 fully saturated rings. The number of carbonyl (C=O) groups is 1. The molecule has 0 saturated carbocycles. The third kappa shape index (κ3) is 4.06. The average Bonchev–Trinajstić information content (AvgIpc) is 3.60. The van der Waals surface area contributed by atoms with Crippen LogP contribution in [0, 0.1) is 0 Å². The summed E-state index contributed by atoms with van der Waals surface area (Å²) < 4.78 is 8.48. The van der Waals surface area contributed by atoms with Crippen LogP contribution in [0.2, 0.25) is 0 Å². The Hall–Kier alpha value is -2.62. The molecule has 176 valence electrons. The molecule has 1 aromatic carbocycles. The standard InChI is InChI=1S/C25H26N4O3S2/c30-21(11-12-28-15-26-23-22(24(28)31)17-7-1-3-9-19(17)33-23)29(14-16-6-5-13-32-16)25-27-18-8-2-4-10-20(18)34-25/h2,4,8,10,15-16H,1,3,5-7,9,11-14H2. The summed E-state index contributed by atoms with van der Waals surface area (Å²) in [5.74, 6) is -0.0473. The maximum Gasteiger partial charge on any atom is 0.262 e. The van der Waals surface area contributed by atoms with E-state index < -0.39 is 0 Å². The minimum Gasteiger partial charge on any atom is -0.376 e. The Kier molecular flexibility index (Phi) is 5.92. The number of aryl methyl sites for hydroxylation is 3. The van der Waals surface area contributed by atoms with Crippen LogP contribution in [0.5, 0.6) is 0 Å². The smallest absolute Gasteiger partial charge is 0.262 e. The lowest BCUT2D eigenvalue weighted by Gasteiger charge is -2.23. The number of hydrogen-bond acceptors (Lipinski definition) is 7. The summed E-state index contributed by atoms with van der Waals surface area (Å²) in [6.07, 6.45) is 8.06. The second-order valence-corrected chi connectivity index (χ2v) is 11.1. The zero-order chi connectivity index (χ0) is 23.1. The fourth-order valence-corrected chi connectivity index (χ4v) is 7.16. The number of para-hydroxylation sites is 1. The van der Waals surface area contributed by atoms with Crippen LogP contribution in [-0.4, -0.2) is 39.7 Å². The van der Waals surface area contributed by atoms with Gasteiger partial charge in [-0.25, -0.2) is 9.97 Å². The number of benzene rings is 1. The average molecular weight is 495 g/mol. The molecule has 4 heterocycles. The van der Waals surface area contributed by atoms with Gasteiger partial charge in [0.1, 0.15) is 4.83 Å². The van der Waals surface area contributed by atoms with E-state index in [2.05, 4.69) is 4.98 Å². The first-order chi connectivity index (χ1) is 16.7. The van der Waals surface area contributed by atoms with E-state index in [1.165, 1.54) is 28.2 Å². The molecule has 1 unspecified atom stereocenters. The van der Waals surface area contributed by atoms with Crippen LogP contribution < -0.4 is 10.5 Å². The first kappa shape index (κ1) is 21.9. The molecule has 0 N–H and O–H groups in total. The normalized spacial score (nSPS) is 17.9. The molecule has 6 rings (SSSR count). The first-order valence-electron chi connectivity index (χ1n) is 11.9. The van der Waals surface area contributed by atoms with E-state index in [1.54, 1.807) is 27.1 Å². The van der Waals surface area contributed by atoms with Gasteiger partial charge in [-0.3, -0.25) is 19.1 Å². The summed E-state index contributed by atoms with van der Waals surface area (Å²) >= 11 is 3.17. The number of hydrogen-bond donors (Lipinski definition) is 0. The lowest BCUT2D eigenvalue weighted by molar-refractivity contribution is -0.119. The number of amides is 1. The molecule has 9 heteroatoms. The topological polar surface area (TPSA) is 77.3 Å². The van der Waals surface area contributed by atoms with Crippen molar-refractivity contribution in [3.63, 3.8) is 0 Å². The predicted octanol–water partition coefficient (Wildman–Crippen LogP) is 4.55. The molecule has 1 aliphatic carbocycles. The maximum absolute atomic E-state index is 13.4. The van der Waals surface area contributed by atoms with Crippen LogP contribution in [-0.2, 0) is 28.9 Å². The van der Waals surface area contributed by atoms with Crippen LogP contribution in [0.1, 0.15) is 42.5 Å². The maximum atomic E-state index is 13.4. The molecular weight excluding hydrogens is 468 g/mol. The Labute approximate surface area is 205 Å². The summed E-state index contributed by atoms with van der Waals surface area (Å²) in [7, 11) is 0. The Balaban J connectivity index is 1.26. The lowest BCUT2D eigenvalue weighted by atomic mass is 9.97. The highest BCUT2D eigenvalue weighted by atomic mass is 32.1. The molecule has 0 bridgehead atoms. The van der Waals surface area contributed by atoms with Crippen LogP contribution >= 0.6 is 22.7 Å². The zero-order valence-corrected chi connectivity index (χ0v) is 20.5. The van der Waals surface area contributed by atoms with Gasteiger partial charge in [0.15, 0.2) is 5.13 Å². The number of carbonyl (C=O) groups excluding carboxylic acids is 1. The van der Waals surface area contributed by atoms with Crippen molar-refractivity contribution in [2.75, 3.05) is 18.1 Å². The molecule has 1 aliphatic heterocycles. The third-order valence-corrected chi connectivity index (χ3v) is 8.99. The fourth-order valence-electron chi connectivity index (χ4n) is 4.95. The van der Waals surface area contributed by atoms with Gasteiger partial charge in [0, 0.05) is 24.4 Å². The second-order valence-electron chi connectivity index (χ2n) is 8.99. The summed E-state index contributed by atoms with van der Waals surface area (Å²) in [4.78, 5) is 39.9. The van der Waals surface area contributed by atoms with Gasteiger partial charge in [-0.2, -0.15) is 0 Å². The minimum absolute atomic E-state index is 0.0223. The summed E-state index contributed by atoms with van der Waals surface area (Å²) in [5.41, 5.74) is 2.04. The second kappa shape index (κ2) is 9.20. The lowest BCUT2D eigenvalue weighted by Crippen LogP contribution is -2.38. The van der Waals surface area contributed by atoms with E-state index >= 15 is 0 Å². The van der Waals surface area contributed by atoms with Crippen molar-refractivity contribution in [3.05, 3.63) is 51.4 Å². The Morgan fingerprint density at radius 2 is 2.06 bits per heavy atom. The number of aromatic nitrogens is 3. The predicted molar refractivity (Wildman–Crippen MR) is 136 cm³/mol. The largest absolute Gasteiger partial charge is 0.376 e. The fraction of sp³-hybridized carbons (Fsp3) is 0.440. The van der Waals surface area contributed by atoms with Gasteiger partial charge in [-0.05, 0) is 56.2 Å². The van der Waals surface area contributed by atoms with Crippen molar-refractivity contribution < 1.29 is 9.53 Å². The van der Waals surface area contributed by atoms with Crippen LogP contribution in [0.4, 0.5) is 5.13 Å². The number of ether oxygens (including phenoxy) is 1. The molecule has 3 aromatic heterocycles. The zero-order valence-electron chi connectivity index (χ0n) is 18.9. The van der Waals surface area contributed by atoms with E-state index in [-0.39, 0.29) is 24.0 Å². The molecular formula is C25H26N4O3S2. The molecule has 7 nitrogen and oxygen atoms in total. The number of thiophene rings is 1. The first-order valence-corrected chi connectivity index (χ1v) is 13.6. The summed E-state index contributed by atoms with van der Waals surface area (Å²) in [6.45, 7) is 1.53. The van der Waals surface area contributed by atoms with Gasteiger partial charge in [0.05, 0.1) is 34.6 Å². The number of anilines is 1. The quantitative estimate of drug-likeness (QED) is 0.393. The highest BCUT2D eigenvalue weighted by Crippen LogP contribution is 2.33. The highest BCUT2D eigenvalue weighted by Gasteiger charge is 2.26. The highest BCUT2D eigenvalue weighted by molar-refractivity contribution is 7.22. The van der Waals surface area contributed by atoms with Crippen molar-refractivity contribution in [1.29, 1.82) is 0 Å². The molecule has 1 atom stereocenters. The van der Waals surface area contributed by atoms with Crippen LogP contribution in [0.3, 0.4) is 0 Å². The van der Waals surface area contributed by atoms with Gasteiger partial charge in [-0.15, -0.1) is 11.3 Å². The monoisotopic (exact) mass is 494 g/mol. The molecule has 1 amide bonds. The number of fused-ring (bicyclic) bond motifs is 4. The molecule has 2 aliphatic rings. The van der Waals surface area contributed by atoms with Crippen molar-refractivity contribution in [3.8, 4) is 0 Å². The van der Waals surface area contributed by atoms with Crippen LogP contribution in [0.25, 0.3) is 20.4 Å². The van der Waals surface area contributed by atoms with Crippen molar-refractivity contribution in [2.24, 2.45) is 0 Å². The van der Waals surface area contributed by atoms with Gasteiger partial charge in [0.2, 0.25) is 5.91 Å². The molecule has 34 heavy (non-hydrogen) atoms. The Bertz CT molecular complexity index is 1380. The summed E-state index contributed by atoms with van der Waals surface area (Å²) in [5, 5.41) is 1.45. The van der Waals surface area contributed by atoms with E-state index in [0.717, 1.165) is 59.1 Å².